The van der Waals surface area contributed by atoms with Gasteiger partial charge in [-0.05, 0) is 218 Å². The van der Waals surface area contributed by atoms with E-state index >= 15 is 0 Å². The van der Waals surface area contributed by atoms with Gasteiger partial charge in [0.05, 0.1) is 126 Å². The lowest BCUT2D eigenvalue weighted by Gasteiger charge is -2.05. The number of benzene rings is 10. The maximum atomic E-state index is 11.1. The molecule has 10 heterocycles. The molecule has 20 rings (SSSR count). The van der Waals surface area contributed by atoms with E-state index in [0.717, 1.165) is 161 Å². The molecule has 8 aromatic heterocycles. The molecule has 0 spiro atoms. The third kappa shape index (κ3) is 22.3. The van der Waals surface area contributed by atoms with E-state index in [1.807, 2.05) is 174 Å². The first kappa shape index (κ1) is 89.7. The molecule has 0 amide bonds. The van der Waals surface area contributed by atoms with Crippen molar-refractivity contribution in [1.29, 1.82) is 0 Å². The molecule has 2 aliphatic heterocycles. The van der Waals surface area contributed by atoms with E-state index in [4.69, 9.17) is 54.0 Å². The number of furan rings is 1. The van der Waals surface area contributed by atoms with Gasteiger partial charge in [-0.15, -0.1) is 0 Å². The molecule has 0 radical (unpaired) electrons. The topological polar surface area (TPSA) is 394 Å². The smallest absolute Gasteiger partial charge is 0.335 e. The Kier molecular flexibility index (Phi) is 28.0. The van der Waals surface area contributed by atoms with E-state index < -0.39 is 35.8 Å². The summed E-state index contributed by atoms with van der Waals surface area (Å²) in [4.78, 5) is 70.0. The summed E-state index contributed by atoms with van der Waals surface area (Å²) in [6.07, 6.45) is 27.0. The van der Waals surface area contributed by atoms with Gasteiger partial charge in [0.15, 0.2) is 5.82 Å². The van der Waals surface area contributed by atoms with Crippen LogP contribution in [0.4, 0.5) is 0 Å². The molecule has 6 N–H and O–H groups in total. The summed E-state index contributed by atoms with van der Waals surface area (Å²) in [7, 11) is 0. The van der Waals surface area contributed by atoms with Crippen LogP contribution in [0, 0.1) is 13.8 Å². The van der Waals surface area contributed by atoms with Crippen LogP contribution in [-0.4, -0.2) is 157 Å². The Morgan fingerprint density at radius 3 is 0.977 bits per heavy atom. The number of hydrogen-bond acceptors (Lipinski definition) is 18. The molecule has 664 valence electrons. The number of pyridine rings is 1. The van der Waals surface area contributed by atoms with Crippen molar-refractivity contribution in [2.24, 2.45) is 0 Å². The van der Waals surface area contributed by atoms with Gasteiger partial charge < -0.3 is 54.0 Å². The normalized spacial score (nSPS) is 11.3. The van der Waals surface area contributed by atoms with Crippen molar-refractivity contribution in [3.05, 3.63) is 391 Å². The second-order valence-electron chi connectivity index (χ2n) is 30.0. The van der Waals surface area contributed by atoms with Crippen LogP contribution < -0.4 is 18.9 Å². The number of nitrogens with zero attached hydrogens (tertiary/aromatic N) is 13. The molecule has 0 atom stereocenters. The number of fused-ring (bicyclic) bond motifs is 2. The second kappa shape index (κ2) is 41.6. The highest BCUT2D eigenvalue weighted by Crippen LogP contribution is 2.34. The van der Waals surface area contributed by atoms with E-state index in [-0.39, 0.29) is 33.4 Å². The number of rotatable bonds is 22. The molecule has 0 saturated carbocycles. The van der Waals surface area contributed by atoms with E-state index in [2.05, 4.69) is 47.7 Å². The van der Waals surface area contributed by atoms with Crippen molar-refractivity contribution in [2.45, 2.75) is 40.5 Å². The minimum absolute atomic E-state index is 0.260. The minimum Gasteiger partial charge on any atom is -0.494 e. The Hall–Kier alpha value is -18.1. The SMILES string of the molecule is CCOc1ccc(-n2cc(-c3ccc(C(=O)O)cc3)cn2)cc1.CCOc1ccc(-n2cc(-c3cccc(C(=O)O)c3)cn2)cc1.Cc1coc(C)c1-n1cc(-c2cccc(C(=O)O)c2)cn1.O=C(O)c1ccc(-c2cnn(-c3ccc4c(c3)OCC4)c2)cc1.O=C(O)c1ccc(-c2cnn(-c3ccccn3)c2)cc1.O=C(O)c1cccc(-c2cnn(-c3ccc4c(c3)OCC4)c2)c1. The van der Waals surface area contributed by atoms with Crippen LogP contribution in [-0.2, 0) is 12.8 Å². The zero-order chi connectivity index (χ0) is 93.0. The molecular formula is C103H85N13O17. The van der Waals surface area contributed by atoms with Crippen LogP contribution in [0.3, 0.4) is 0 Å². The number of ether oxygens (including phenoxy) is 4. The summed E-state index contributed by atoms with van der Waals surface area (Å²) < 4.78 is 37.9. The zero-order valence-corrected chi connectivity index (χ0v) is 72.0. The third-order valence-corrected chi connectivity index (χ3v) is 21.2. The highest BCUT2D eigenvalue weighted by Gasteiger charge is 2.20. The number of aromatic carboxylic acids is 6. The van der Waals surface area contributed by atoms with E-state index in [1.54, 1.807) is 205 Å². The molecule has 0 saturated heterocycles. The molecule has 0 bridgehead atoms. The first-order valence-corrected chi connectivity index (χ1v) is 41.8. The van der Waals surface area contributed by atoms with Gasteiger partial charge in [0.1, 0.15) is 34.4 Å². The van der Waals surface area contributed by atoms with Gasteiger partial charge in [-0.25, -0.2) is 61.8 Å². The lowest BCUT2D eigenvalue weighted by molar-refractivity contribution is 0.0686. The highest BCUT2D eigenvalue weighted by atomic mass is 16.5. The Bertz CT molecular complexity index is 7130. The lowest BCUT2D eigenvalue weighted by Crippen LogP contribution is -1.96. The third-order valence-electron chi connectivity index (χ3n) is 21.2. The largest absolute Gasteiger partial charge is 0.494 e. The summed E-state index contributed by atoms with van der Waals surface area (Å²) in [5, 5.41) is 80.0. The van der Waals surface area contributed by atoms with Crippen molar-refractivity contribution in [3.63, 3.8) is 0 Å². The van der Waals surface area contributed by atoms with Gasteiger partial charge in [-0.2, -0.15) is 30.6 Å². The lowest BCUT2D eigenvalue weighted by atomic mass is 10.1. The van der Waals surface area contributed by atoms with Crippen LogP contribution in [0.2, 0.25) is 0 Å². The fraction of sp³-hybridized carbons (Fsp3) is 0.0971. The summed E-state index contributed by atoms with van der Waals surface area (Å²) in [5.74, 6) is -0.593. The van der Waals surface area contributed by atoms with Crippen LogP contribution >= 0.6 is 0 Å². The highest BCUT2D eigenvalue weighted by molar-refractivity contribution is 5.92. The van der Waals surface area contributed by atoms with Crippen molar-refractivity contribution < 1.29 is 82.8 Å². The van der Waals surface area contributed by atoms with Crippen LogP contribution in [0.15, 0.2) is 340 Å². The minimum atomic E-state index is -0.939. The Labute approximate surface area is 760 Å². The number of carboxylic acids is 6. The van der Waals surface area contributed by atoms with Crippen molar-refractivity contribution in [3.8, 4) is 124 Å². The Morgan fingerprint density at radius 1 is 0.323 bits per heavy atom. The molecule has 18 aromatic rings. The zero-order valence-electron chi connectivity index (χ0n) is 72.0. The van der Waals surface area contributed by atoms with Gasteiger partial charge in [0.25, 0.3) is 0 Å². The Balaban J connectivity index is 0.000000122. The van der Waals surface area contributed by atoms with E-state index in [1.165, 1.54) is 11.1 Å². The molecule has 30 nitrogen and oxygen atoms in total. The van der Waals surface area contributed by atoms with Gasteiger partial charge in [-0.1, -0.05) is 91.0 Å². The van der Waals surface area contributed by atoms with Gasteiger partial charge in [-0.3, -0.25) is 0 Å². The fourth-order valence-electron chi connectivity index (χ4n) is 14.3. The monoisotopic (exact) mass is 1780 g/mol. The molecule has 0 aliphatic carbocycles. The predicted octanol–water partition coefficient (Wildman–Crippen LogP) is 19.7. The maximum Gasteiger partial charge on any atom is 0.335 e. The number of carboxylic acid groups (broad SMARTS) is 6. The fourth-order valence-corrected chi connectivity index (χ4v) is 14.3. The molecule has 133 heavy (non-hydrogen) atoms. The summed E-state index contributed by atoms with van der Waals surface area (Å²) >= 11 is 0. The van der Waals surface area contributed by atoms with Crippen LogP contribution in [0.5, 0.6) is 23.0 Å². The van der Waals surface area contributed by atoms with Crippen molar-refractivity contribution in [1.82, 2.24) is 63.7 Å². The van der Waals surface area contributed by atoms with Gasteiger partial charge in [0.2, 0.25) is 0 Å². The van der Waals surface area contributed by atoms with Crippen molar-refractivity contribution in [2.75, 3.05) is 26.4 Å². The molecular weight excluding hydrogens is 1690 g/mol. The summed E-state index contributed by atoms with van der Waals surface area (Å²) in [6, 6.07) is 73.7. The number of hydrogen-bond donors (Lipinski definition) is 6. The van der Waals surface area contributed by atoms with Crippen LogP contribution in [0.25, 0.3) is 101 Å². The average Bonchev–Trinajstić information content (AvgIpc) is 1.44. The second-order valence-corrected chi connectivity index (χ2v) is 30.0. The van der Waals surface area contributed by atoms with E-state index in [9.17, 15) is 28.8 Å². The van der Waals surface area contributed by atoms with E-state index in [0.29, 0.717) is 13.2 Å². The van der Waals surface area contributed by atoms with Crippen LogP contribution in [0.1, 0.15) is 98.4 Å². The van der Waals surface area contributed by atoms with Crippen molar-refractivity contribution >= 4 is 35.8 Å². The molecule has 0 unspecified atom stereocenters. The number of aryl methyl sites for hydroxylation is 2. The average molecular weight is 1780 g/mol. The molecule has 2 aliphatic rings. The molecule has 30 heteroatoms. The van der Waals surface area contributed by atoms with Gasteiger partial charge in [0, 0.05) is 107 Å². The molecule has 0 fully saturated rings. The first-order chi connectivity index (χ1) is 64.5. The molecule has 10 aromatic carbocycles. The summed E-state index contributed by atoms with van der Waals surface area (Å²) in [6.45, 7) is 10.5. The number of carbonyl (C=O) groups is 6. The quantitative estimate of drug-likeness (QED) is 0.0367. The maximum absolute atomic E-state index is 11.1. The summed E-state index contributed by atoms with van der Waals surface area (Å²) in [5.41, 5.74) is 20.3. The Morgan fingerprint density at radius 2 is 0.647 bits per heavy atom. The van der Waals surface area contributed by atoms with Gasteiger partial charge >= 0.3 is 35.8 Å². The first-order valence-electron chi connectivity index (χ1n) is 41.8. The number of aromatic nitrogens is 13. The standard InChI is InChI=1S/2C18H14N2O3.2C18H16N2O3.C16H14N2O3.C15H11N3O2/c21-18(22)14-3-1-12(2-4-14)15-10-19-20(11-15)16-6-5-13-7-8-23-17(13)9-16;21-18(22)14-3-1-2-13(8-14)15-10-19-20(11-15)16-5-4-12-6-7-23-17(12)9-16;1-2-23-17-9-7-16(8-10-17)20-12-15(11-19-20)13-3-5-14(6-4-13)18(21)22;1-2-23-17-8-6-16(7-9-17)20-12-15(11-19-20)13-4-3-5-14(10-13)18(21)22;1-10-9-21-11(2)15(10)18-8-14(7-17-18)12-4-3-5-13(6-12)16(19)20;19-15(20)12-6-4-11(5-7-12)13-9-17-18(10-13)14-3-1-2-8-16-14/h1-6,9-11H,7-8H2,(H,21,22);1-5,8-11H,6-7H2,(H,21,22);2*3-12H,2H2,1H3,(H,21,22);3-9H,1-2H3,(H,19,20);1-10H,(H,19,20). The predicted molar refractivity (Wildman–Crippen MR) is 496 cm³/mol.